The number of nitrogens with zero attached hydrogens (tertiary/aromatic N) is 2. The van der Waals surface area contributed by atoms with Crippen molar-refractivity contribution in [3.05, 3.63) is 40.0 Å². The van der Waals surface area contributed by atoms with Gasteiger partial charge in [-0.2, -0.15) is 9.47 Å². The molecule has 2 aromatic rings. The Balaban J connectivity index is 2.25. The molecule has 8 nitrogen and oxygen atoms in total. The van der Waals surface area contributed by atoms with Crippen LogP contribution in [0.5, 0.6) is 0 Å². The fourth-order valence-electron chi connectivity index (χ4n) is 2.08. The van der Waals surface area contributed by atoms with Crippen LogP contribution in [0.15, 0.2) is 23.3 Å². The van der Waals surface area contributed by atoms with Crippen molar-refractivity contribution in [2.24, 2.45) is 5.10 Å². The zero-order valence-corrected chi connectivity index (χ0v) is 15.9. The van der Waals surface area contributed by atoms with E-state index >= 15 is 0 Å². The van der Waals surface area contributed by atoms with Crippen molar-refractivity contribution in [2.75, 3.05) is 17.3 Å². The van der Waals surface area contributed by atoms with Crippen LogP contribution in [-0.4, -0.2) is 33.9 Å². The SMILES string of the molecule is CCOC(=O)Nc1snc(C)c1/C(C)=N/Nc1cc(C(=O)O)ccc1Cl. The molecule has 10 heteroatoms. The van der Waals surface area contributed by atoms with Crippen LogP contribution in [0.2, 0.25) is 5.02 Å². The molecule has 0 bridgehead atoms. The molecule has 0 spiro atoms. The number of amides is 1. The Morgan fingerprint density at radius 2 is 2.15 bits per heavy atom. The summed E-state index contributed by atoms with van der Waals surface area (Å²) in [7, 11) is 0. The van der Waals surface area contributed by atoms with Gasteiger partial charge in [0.15, 0.2) is 0 Å². The summed E-state index contributed by atoms with van der Waals surface area (Å²) in [5.74, 6) is -1.07. The predicted octanol–water partition coefficient (Wildman–Crippen LogP) is 4.21. The molecule has 0 saturated carbocycles. The van der Waals surface area contributed by atoms with Crippen molar-refractivity contribution in [2.45, 2.75) is 20.8 Å². The molecule has 0 aliphatic rings. The molecule has 0 radical (unpaired) electrons. The van der Waals surface area contributed by atoms with E-state index < -0.39 is 12.1 Å². The van der Waals surface area contributed by atoms with Gasteiger partial charge in [-0.15, -0.1) is 0 Å². The lowest BCUT2D eigenvalue weighted by molar-refractivity contribution is 0.0697. The number of carboxylic acids is 1. The first-order valence-electron chi connectivity index (χ1n) is 7.57. The Morgan fingerprint density at radius 3 is 2.81 bits per heavy atom. The second-order valence-electron chi connectivity index (χ2n) is 5.13. The summed E-state index contributed by atoms with van der Waals surface area (Å²) in [6.45, 7) is 5.49. The predicted molar refractivity (Wildman–Crippen MR) is 102 cm³/mol. The number of carbonyl (C=O) groups is 2. The van der Waals surface area contributed by atoms with Crippen LogP contribution in [0.1, 0.15) is 35.5 Å². The van der Waals surface area contributed by atoms with Gasteiger partial charge in [0.2, 0.25) is 0 Å². The number of rotatable bonds is 6. The number of aromatic carboxylic acids is 1. The molecule has 0 atom stereocenters. The van der Waals surface area contributed by atoms with Gasteiger partial charge in [0, 0.05) is 0 Å². The van der Waals surface area contributed by atoms with Crippen molar-refractivity contribution in [1.82, 2.24) is 4.37 Å². The molecular weight excluding hydrogens is 380 g/mol. The lowest BCUT2D eigenvalue weighted by atomic mass is 10.1. The maximum Gasteiger partial charge on any atom is 0.412 e. The van der Waals surface area contributed by atoms with Crippen LogP contribution in [0.4, 0.5) is 15.5 Å². The van der Waals surface area contributed by atoms with Crippen molar-refractivity contribution in [1.29, 1.82) is 0 Å². The number of carboxylic acid groups (broad SMARTS) is 1. The number of nitrogens with one attached hydrogen (secondary N) is 2. The molecule has 2 rings (SSSR count). The molecule has 138 valence electrons. The zero-order valence-electron chi connectivity index (χ0n) is 14.3. The van der Waals surface area contributed by atoms with Gasteiger partial charge in [0.1, 0.15) is 5.00 Å². The summed E-state index contributed by atoms with van der Waals surface area (Å²) in [4.78, 5) is 22.7. The summed E-state index contributed by atoms with van der Waals surface area (Å²) in [6, 6.07) is 4.27. The highest BCUT2D eigenvalue weighted by atomic mass is 35.5. The van der Waals surface area contributed by atoms with E-state index in [4.69, 9.17) is 21.4 Å². The summed E-state index contributed by atoms with van der Waals surface area (Å²) < 4.78 is 9.09. The number of benzene rings is 1. The van der Waals surface area contributed by atoms with Crippen LogP contribution < -0.4 is 10.7 Å². The number of aromatic nitrogens is 1. The quantitative estimate of drug-likeness (QED) is 0.498. The summed E-state index contributed by atoms with van der Waals surface area (Å²) in [6.07, 6.45) is -0.574. The van der Waals surface area contributed by atoms with Crippen molar-refractivity contribution < 1.29 is 19.4 Å². The van der Waals surface area contributed by atoms with Gasteiger partial charge in [-0.05, 0) is 50.5 Å². The van der Waals surface area contributed by atoms with Gasteiger partial charge in [0.05, 0.1) is 39.8 Å². The second-order valence-corrected chi connectivity index (χ2v) is 6.31. The van der Waals surface area contributed by atoms with Crippen LogP contribution in [0, 0.1) is 6.92 Å². The first kappa shape index (κ1) is 19.7. The highest BCUT2D eigenvalue weighted by Gasteiger charge is 2.16. The summed E-state index contributed by atoms with van der Waals surface area (Å²) in [5, 5.41) is 16.8. The second kappa shape index (κ2) is 8.63. The van der Waals surface area contributed by atoms with Crippen molar-refractivity contribution >= 4 is 51.6 Å². The monoisotopic (exact) mass is 396 g/mol. The molecule has 1 aromatic heterocycles. The lowest BCUT2D eigenvalue weighted by Gasteiger charge is -2.08. The normalized spacial score (nSPS) is 11.2. The van der Waals surface area contributed by atoms with Crippen molar-refractivity contribution in [3.63, 3.8) is 0 Å². The molecule has 0 aliphatic carbocycles. The van der Waals surface area contributed by atoms with Gasteiger partial charge in [-0.25, -0.2) is 9.59 Å². The van der Waals surface area contributed by atoms with Gasteiger partial charge in [-0.3, -0.25) is 10.7 Å². The topological polar surface area (TPSA) is 113 Å². The third-order valence-electron chi connectivity index (χ3n) is 3.27. The van der Waals surface area contributed by atoms with E-state index in [1.54, 1.807) is 20.8 Å². The van der Waals surface area contributed by atoms with Crippen LogP contribution in [0.25, 0.3) is 0 Å². The van der Waals surface area contributed by atoms with E-state index in [2.05, 4.69) is 20.2 Å². The van der Waals surface area contributed by atoms with Gasteiger partial charge in [-0.1, -0.05) is 11.6 Å². The fraction of sp³-hybridized carbons (Fsp3) is 0.250. The molecule has 26 heavy (non-hydrogen) atoms. The highest BCUT2D eigenvalue weighted by molar-refractivity contribution is 7.11. The molecule has 1 heterocycles. The molecule has 1 aromatic carbocycles. The number of hydrogen-bond donors (Lipinski definition) is 3. The van der Waals surface area contributed by atoms with E-state index in [0.717, 1.165) is 11.5 Å². The third kappa shape index (κ3) is 4.70. The number of ether oxygens (including phenoxy) is 1. The minimum Gasteiger partial charge on any atom is -0.478 e. The number of hydrazone groups is 1. The molecule has 0 aliphatic heterocycles. The lowest BCUT2D eigenvalue weighted by Crippen LogP contribution is -2.14. The standard InChI is InChI=1S/C16H17ClN4O4S/c1-4-25-16(24)18-14-13(9(3)21-26-14)8(2)19-20-12-7-10(15(22)23)5-6-11(12)17/h5-7,20H,4H2,1-3H3,(H,18,24)(H,22,23)/b19-8+. The van der Waals surface area contributed by atoms with Gasteiger partial charge < -0.3 is 9.84 Å². The molecule has 3 N–H and O–H groups in total. The Bertz CT molecular complexity index is 866. The number of hydrogen-bond acceptors (Lipinski definition) is 7. The van der Waals surface area contributed by atoms with E-state index in [-0.39, 0.29) is 12.2 Å². The smallest absolute Gasteiger partial charge is 0.412 e. The Morgan fingerprint density at radius 1 is 1.42 bits per heavy atom. The summed E-state index contributed by atoms with van der Waals surface area (Å²) in [5.41, 5.74) is 5.08. The first-order chi connectivity index (χ1) is 12.3. The van der Waals surface area contributed by atoms with Crippen LogP contribution in [-0.2, 0) is 4.74 Å². The van der Waals surface area contributed by atoms with E-state index in [9.17, 15) is 9.59 Å². The minimum atomic E-state index is -1.07. The molecule has 1 amide bonds. The van der Waals surface area contributed by atoms with E-state index in [1.807, 2.05) is 0 Å². The Hall–Kier alpha value is -2.65. The molecule has 0 unspecified atom stereocenters. The van der Waals surface area contributed by atoms with E-state index in [1.165, 1.54) is 18.2 Å². The van der Waals surface area contributed by atoms with Gasteiger partial charge in [0.25, 0.3) is 0 Å². The van der Waals surface area contributed by atoms with Crippen molar-refractivity contribution in [3.8, 4) is 0 Å². The van der Waals surface area contributed by atoms with Crippen LogP contribution in [0.3, 0.4) is 0 Å². The van der Waals surface area contributed by atoms with Gasteiger partial charge >= 0.3 is 12.1 Å². The third-order valence-corrected chi connectivity index (χ3v) is 4.46. The van der Waals surface area contributed by atoms with E-state index in [0.29, 0.717) is 32.7 Å². The number of anilines is 2. The highest BCUT2D eigenvalue weighted by Crippen LogP contribution is 2.27. The largest absolute Gasteiger partial charge is 0.478 e. The molecule has 0 saturated heterocycles. The molecular formula is C16H17ClN4O4S. The summed E-state index contributed by atoms with van der Waals surface area (Å²) >= 11 is 7.18. The molecule has 0 fully saturated rings. The Labute approximate surface area is 159 Å². The fourth-order valence-corrected chi connectivity index (χ4v) is 3.08. The average Bonchev–Trinajstić information content (AvgIpc) is 2.94. The average molecular weight is 397 g/mol. The van der Waals surface area contributed by atoms with Crippen LogP contribution >= 0.6 is 23.1 Å². The first-order valence-corrected chi connectivity index (χ1v) is 8.72. The number of carbonyl (C=O) groups excluding carboxylic acids is 1. The zero-order chi connectivity index (χ0) is 19.3. The maximum atomic E-state index is 11.6. The number of aryl methyl sites for hydroxylation is 1. The minimum absolute atomic E-state index is 0.0859. The Kier molecular flexibility index (Phi) is 6.53. The number of halogens is 1. The maximum absolute atomic E-state index is 11.6.